The molecule has 1 aliphatic rings. The number of nitrogens with zero attached hydrogens (tertiary/aromatic N) is 2. The minimum absolute atomic E-state index is 0.0796. The lowest BCUT2D eigenvalue weighted by atomic mass is 10.2. The van der Waals surface area contributed by atoms with Gasteiger partial charge in [-0.3, -0.25) is 0 Å². The summed E-state index contributed by atoms with van der Waals surface area (Å²) in [7, 11) is 0. The van der Waals surface area contributed by atoms with Crippen LogP contribution in [0.5, 0.6) is 0 Å². The quantitative estimate of drug-likeness (QED) is 0.806. The minimum Gasteiger partial charge on any atom is -0.444 e. The van der Waals surface area contributed by atoms with Gasteiger partial charge in [-0.15, -0.1) is 0 Å². The number of amides is 1. The lowest BCUT2D eigenvalue weighted by Gasteiger charge is -2.29. The maximum absolute atomic E-state index is 12.3. The van der Waals surface area contributed by atoms with E-state index in [1.807, 2.05) is 27.7 Å². The number of carbonyl (C=O) groups is 1. The third-order valence-electron chi connectivity index (χ3n) is 3.66. The summed E-state index contributed by atoms with van der Waals surface area (Å²) in [5, 5.41) is 4.01. The van der Waals surface area contributed by atoms with Gasteiger partial charge in [0.1, 0.15) is 10.8 Å². The Kier molecular flexibility index (Phi) is 5.63. The Morgan fingerprint density at radius 3 is 2.78 bits per heavy atom. The highest BCUT2D eigenvalue weighted by Gasteiger charge is 2.32. The van der Waals surface area contributed by atoms with E-state index in [4.69, 9.17) is 27.9 Å². The average Bonchev–Trinajstić information content (AvgIpc) is 2.83. The Labute approximate surface area is 147 Å². The predicted octanol–water partition coefficient (Wildman–Crippen LogP) is 4.51. The third-order valence-corrected chi connectivity index (χ3v) is 4.13. The van der Waals surface area contributed by atoms with Gasteiger partial charge in [0.05, 0.1) is 11.7 Å². The second kappa shape index (κ2) is 7.14. The second-order valence-electron chi connectivity index (χ2n) is 6.78. The van der Waals surface area contributed by atoms with Gasteiger partial charge in [-0.05, 0) is 52.2 Å². The summed E-state index contributed by atoms with van der Waals surface area (Å²) in [6, 6.07) is 1.84. The normalized spacial score (nSPS) is 18.2. The third kappa shape index (κ3) is 4.88. The van der Waals surface area contributed by atoms with Crippen molar-refractivity contribution < 1.29 is 9.53 Å². The van der Waals surface area contributed by atoms with Crippen molar-refractivity contribution in [1.29, 1.82) is 0 Å². The van der Waals surface area contributed by atoms with Gasteiger partial charge in [0, 0.05) is 13.1 Å². The zero-order chi connectivity index (χ0) is 17.2. The number of ether oxygens (including phenoxy) is 1. The first-order valence-electron chi connectivity index (χ1n) is 7.73. The molecule has 1 N–H and O–H groups in total. The average molecular weight is 360 g/mol. The van der Waals surface area contributed by atoms with Crippen LogP contribution in [0, 0.1) is 6.92 Å². The fourth-order valence-electron chi connectivity index (χ4n) is 2.64. The van der Waals surface area contributed by atoms with Crippen molar-refractivity contribution in [3.63, 3.8) is 0 Å². The van der Waals surface area contributed by atoms with Crippen LogP contribution in [0.1, 0.15) is 39.2 Å². The Bertz CT molecular complexity index is 564. The van der Waals surface area contributed by atoms with E-state index in [2.05, 4.69) is 10.3 Å². The van der Waals surface area contributed by atoms with E-state index < -0.39 is 5.60 Å². The Morgan fingerprint density at radius 2 is 2.17 bits per heavy atom. The number of aryl methyl sites for hydroxylation is 1. The summed E-state index contributed by atoms with van der Waals surface area (Å²) in [5.41, 5.74) is 1.20. The number of pyridine rings is 1. The van der Waals surface area contributed by atoms with Gasteiger partial charge in [0.2, 0.25) is 0 Å². The molecule has 0 aromatic carbocycles. The van der Waals surface area contributed by atoms with Gasteiger partial charge in [0.15, 0.2) is 5.15 Å². The first-order chi connectivity index (χ1) is 10.7. The highest BCUT2D eigenvalue weighted by Crippen LogP contribution is 2.28. The molecule has 1 aliphatic heterocycles. The van der Waals surface area contributed by atoms with Crippen molar-refractivity contribution in [3.8, 4) is 0 Å². The maximum atomic E-state index is 12.3. The number of anilines is 1. The van der Waals surface area contributed by atoms with Crippen LogP contribution in [0.25, 0.3) is 0 Å². The van der Waals surface area contributed by atoms with Crippen LogP contribution < -0.4 is 5.32 Å². The summed E-state index contributed by atoms with van der Waals surface area (Å²) in [6.45, 7) is 8.85. The number of carbonyl (C=O) groups excluding carboxylic acids is 1. The van der Waals surface area contributed by atoms with Gasteiger partial charge in [-0.1, -0.05) is 23.2 Å². The van der Waals surface area contributed by atoms with Crippen molar-refractivity contribution >= 4 is 35.0 Å². The van der Waals surface area contributed by atoms with Crippen molar-refractivity contribution in [2.75, 3.05) is 18.4 Å². The lowest BCUT2D eigenvalue weighted by Crippen LogP contribution is -2.42. The van der Waals surface area contributed by atoms with E-state index in [1.54, 1.807) is 11.0 Å². The van der Waals surface area contributed by atoms with Gasteiger partial charge in [-0.2, -0.15) is 0 Å². The van der Waals surface area contributed by atoms with Gasteiger partial charge < -0.3 is 15.0 Å². The number of rotatable bonds is 3. The topological polar surface area (TPSA) is 54.5 Å². The van der Waals surface area contributed by atoms with Crippen LogP contribution >= 0.6 is 23.2 Å². The molecule has 7 heteroatoms. The SMILES string of the molecule is Cc1cc(Cl)nc(Cl)c1NCC1CCCN1C(=O)OC(C)(C)C. The van der Waals surface area contributed by atoms with Crippen LogP contribution in [-0.2, 0) is 4.74 Å². The smallest absolute Gasteiger partial charge is 0.410 e. The van der Waals surface area contributed by atoms with E-state index in [9.17, 15) is 4.79 Å². The number of likely N-dealkylation sites (tertiary alicyclic amines) is 1. The molecule has 128 valence electrons. The molecule has 5 nitrogen and oxygen atoms in total. The summed E-state index contributed by atoms with van der Waals surface area (Å²) >= 11 is 12.0. The van der Waals surface area contributed by atoms with E-state index in [1.165, 1.54) is 0 Å². The highest BCUT2D eigenvalue weighted by molar-refractivity contribution is 6.34. The molecular formula is C16H23Cl2N3O2. The summed E-state index contributed by atoms with van der Waals surface area (Å²) in [6.07, 6.45) is 1.64. The zero-order valence-corrected chi connectivity index (χ0v) is 15.5. The molecule has 0 spiro atoms. The Balaban J connectivity index is 2.01. The Hall–Kier alpha value is -1.20. The lowest BCUT2D eigenvalue weighted by molar-refractivity contribution is 0.0235. The number of hydrogen-bond donors (Lipinski definition) is 1. The fourth-order valence-corrected chi connectivity index (χ4v) is 3.23. The fraction of sp³-hybridized carbons (Fsp3) is 0.625. The summed E-state index contributed by atoms with van der Waals surface area (Å²) in [4.78, 5) is 18.1. The monoisotopic (exact) mass is 359 g/mol. The molecule has 0 radical (unpaired) electrons. The molecule has 1 saturated heterocycles. The van der Waals surface area contributed by atoms with E-state index in [-0.39, 0.29) is 12.1 Å². The van der Waals surface area contributed by atoms with Crippen molar-refractivity contribution in [2.45, 2.75) is 52.2 Å². The zero-order valence-electron chi connectivity index (χ0n) is 13.9. The van der Waals surface area contributed by atoms with Crippen molar-refractivity contribution in [3.05, 3.63) is 21.9 Å². The molecule has 1 atom stereocenters. The van der Waals surface area contributed by atoms with Crippen molar-refractivity contribution in [1.82, 2.24) is 9.88 Å². The van der Waals surface area contributed by atoms with Crippen LogP contribution in [0.4, 0.5) is 10.5 Å². The van der Waals surface area contributed by atoms with E-state index in [0.29, 0.717) is 23.4 Å². The molecule has 1 unspecified atom stereocenters. The molecule has 1 amide bonds. The van der Waals surface area contributed by atoms with Gasteiger partial charge >= 0.3 is 6.09 Å². The Morgan fingerprint density at radius 1 is 1.48 bits per heavy atom. The molecule has 0 bridgehead atoms. The number of nitrogens with one attached hydrogen (secondary N) is 1. The molecule has 0 saturated carbocycles. The maximum Gasteiger partial charge on any atom is 0.410 e. The largest absolute Gasteiger partial charge is 0.444 e. The van der Waals surface area contributed by atoms with E-state index >= 15 is 0 Å². The molecular weight excluding hydrogens is 337 g/mol. The van der Waals surface area contributed by atoms with Crippen LogP contribution in [0.2, 0.25) is 10.3 Å². The molecule has 1 aromatic heterocycles. The molecule has 1 fully saturated rings. The molecule has 2 heterocycles. The molecule has 23 heavy (non-hydrogen) atoms. The van der Waals surface area contributed by atoms with Gasteiger partial charge in [0.25, 0.3) is 0 Å². The number of aromatic nitrogens is 1. The second-order valence-corrected chi connectivity index (χ2v) is 7.52. The van der Waals surface area contributed by atoms with Crippen molar-refractivity contribution in [2.24, 2.45) is 0 Å². The standard InChI is InChI=1S/C16H23Cl2N3O2/c1-10-8-12(17)20-14(18)13(10)19-9-11-6-5-7-21(11)15(22)23-16(2,3)4/h8,11,19H,5-7,9H2,1-4H3. The number of hydrogen-bond acceptors (Lipinski definition) is 4. The van der Waals surface area contributed by atoms with Crippen LogP contribution in [-0.4, -0.2) is 40.7 Å². The van der Waals surface area contributed by atoms with Crippen LogP contribution in [0.3, 0.4) is 0 Å². The predicted molar refractivity (Wildman–Crippen MR) is 93.4 cm³/mol. The number of halogens is 2. The molecule has 1 aromatic rings. The summed E-state index contributed by atoms with van der Waals surface area (Å²) in [5.74, 6) is 0. The summed E-state index contributed by atoms with van der Waals surface area (Å²) < 4.78 is 5.47. The van der Waals surface area contributed by atoms with Crippen LogP contribution in [0.15, 0.2) is 6.07 Å². The first kappa shape index (κ1) is 18.1. The first-order valence-corrected chi connectivity index (χ1v) is 8.49. The van der Waals surface area contributed by atoms with E-state index in [0.717, 1.165) is 24.1 Å². The van der Waals surface area contributed by atoms with Gasteiger partial charge in [-0.25, -0.2) is 9.78 Å². The minimum atomic E-state index is -0.488. The highest BCUT2D eigenvalue weighted by atomic mass is 35.5. The molecule has 0 aliphatic carbocycles. The molecule has 2 rings (SSSR count).